The van der Waals surface area contributed by atoms with Crippen LogP contribution in [0.15, 0.2) is 117 Å². The highest BCUT2D eigenvalue weighted by Crippen LogP contribution is 2.40. The Balaban J connectivity index is 0.000000180. The molecule has 5 fully saturated rings. The number of para-hydroxylation sites is 3. The molecule has 3 amide bonds. The van der Waals surface area contributed by atoms with Gasteiger partial charge in [0.15, 0.2) is 0 Å². The molecular weight excluding hydrogens is 1280 g/mol. The summed E-state index contributed by atoms with van der Waals surface area (Å²) in [6.07, 6.45) is -0.706. The largest absolute Gasteiger partial charge is 0.425 e. The van der Waals surface area contributed by atoms with Crippen molar-refractivity contribution in [3.05, 3.63) is 178 Å². The first-order valence-corrected chi connectivity index (χ1v) is 31.7. The lowest BCUT2D eigenvalue weighted by molar-refractivity contribution is -0.385. The molecule has 4 aliphatic heterocycles. The molecule has 5 aromatic heterocycles. The molecule has 13 rings (SSSR count). The molecule has 8 aromatic rings. The number of alkyl halides is 3. The second-order valence-corrected chi connectivity index (χ2v) is 25.1. The molecule has 4 saturated heterocycles. The summed E-state index contributed by atoms with van der Waals surface area (Å²) in [4.78, 5) is 121. The number of fused-ring (bicyclic) bond motifs is 3. The molecule has 1 saturated carbocycles. The number of hydrogen-bond donors (Lipinski definition) is 1. The number of aromatic nitrogens is 3. The zero-order valence-electron chi connectivity index (χ0n) is 50.1. The second-order valence-electron chi connectivity index (χ2n) is 23.0. The molecule has 9 heterocycles. The Morgan fingerprint density at radius 1 is 0.516 bits per heavy atom. The summed E-state index contributed by atoms with van der Waals surface area (Å²) in [6.45, 7) is 6.66. The maximum Gasteiger partial charge on any atom is 0.425 e. The fraction of sp³-hybridized carbons (Fsp3) is 0.415. The molecule has 3 aromatic carbocycles. The Hall–Kier alpha value is -9.55. The first kappa shape index (κ1) is 71.3. The number of anilines is 3. The summed E-state index contributed by atoms with van der Waals surface area (Å²) < 4.78 is 42.6. The van der Waals surface area contributed by atoms with E-state index in [1.54, 1.807) is 57.8 Å². The smallest absolute Gasteiger partial charge is 0.362 e. The highest BCUT2D eigenvalue weighted by molar-refractivity contribution is 7.14. The SMILES string of the molecule is C.C.C.Cn1c(=O)c([N+](=O)[O-])c(N2CCN(C(=O)C3CCNCC3)CC2)c2ccccc21.Cn1c(=O)c([N+](=O)[O-])c(N2CCN(C(=O)c3ccc(C(F)(F)F)s3)CC2)c2ccccc21.O=C(c1cccs1)N1CCN(c2c([N+](=O)[O-])c(=O)n(CC3CC3)c3ccccc23)CC1. The van der Waals surface area contributed by atoms with Crippen LogP contribution in [0.4, 0.5) is 47.3 Å². The number of nitrogens with one attached hydrogen (secondary N) is 1. The van der Waals surface area contributed by atoms with E-state index >= 15 is 0 Å². The number of piperidine rings is 1. The minimum Gasteiger partial charge on any atom is -0.362 e. The van der Waals surface area contributed by atoms with Gasteiger partial charge < -0.3 is 48.4 Å². The Bertz CT molecular complexity index is 4370. The fourth-order valence-corrected chi connectivity index (χ4v) is 14.1. The fourth-order valence-electron chi connectivity index (χ4n) is 12.6. The van der Waals surface area contributed by atoms with E-state index in [9.17, 15) is 72.3 Å². The monoisotopic (exact) mass is 1350 g/mol. The van der Waals surface area contributed by atoms with E-state index < -0.39 is 59.8 Å². The second kappa shape index (κ2) is 29.8. The molecule has 5 aliphatic rings. The molecule has 0 atom stereocenters. The quantitative estimate of drug-likeness (QED) is 0.0931. The number of nitro groups is 3. The van der Waals surface area contributed by atoms with Crippen molar-refractivity contribution in [2.45, 2.75) is 60.7 Å². The number of benzene rings is 3. The molecular formula is C65H76F3N13O12S2. The van der Waals surface area contributed by atoms with Crippen molar-refractivity contribution >= 4 is 107 Å². The minimum atomic E-state index is -4.51. The number of pyridine rings is 3. The summed E-state index contributed by atoms with van der Waals surface area (Å²) in [5.41, 5.74) is -0.334. The van der Waals surface area contributed by atoms with Gasteiger partial charge in [-0.05, 0) is 86.5 Å². The van der Waals surface area contributed by atoms with Crippen LogP contribution in [0.25, 0.3) is 32.7 Å². The maximum absolute atomic E-state index is 13.2. The van der Waals surface area contributed by atoms with Gasteiger partial charge in [0.2, 0.25) is 5.91 Å². The third kappa shape index (κ3) is 14.6. The summed E-state index contributed by atoms with van der Waals surface area (Å²) in [5.74, 6) is 0.108. The van der Waals surface area contributed by atoms with Crippen LogP contribution in [0.3, 0.4) is 0 Å². The van der Waals surface area contributed by atoms with Crippen molar-refractivity contribution in [3.8, 4) is 0 Å². The number of hydrogen-bond acceptors (Lipinski definition) is 18. The van der Waals surface area contributed by atoms with Crippen LogP contribution in [0.2, 0.25) is 0 Å². The van der Waals surface area contributed by atoms with Crippen LogP contribution < -0.4 is 36.7 Å². The van der Waals surface area contributed by atoms with E-state index in [4.69, 9.17) is 0 Å². The van der Waals surface area contributed by atoms with Crippen LogP contribution in [-0.2, 0) is 31.6 Å². The predicted octanol–water partition coefficient (Wildman–Crippen LogP) is 9.84. The van der Waals surface area contributed by atoms with Crippen LogP contribution >= 0.6 is 22.7 Å². The molecule has 25 nitrogen and oxygen atoms in total. The van der Waals surface area contributed by atoms with Gasteiger partial charge in [0.25, 0.3) is 11.8 Å². The van der Waals surface area contributed by atoms with Crippen molar-refractivity contribution < 1.29 is 42.3 Å². The van der Waals surface area contributed by atoms with Crippen molar-refractivity contribution in [3.63, 3.8) is 0 Å². The van der Waals surface area contributed by atoms with Gasteiger partial charge in [-0.15, -0.1) is 22.7 Å². The number of thiophene rings is 2. The first-order valence-electron chi connectivity index (χ1n) is 30.0. The van der Waals surface area contributed by atoms with Crippen molar-refractivity contribution in [1.29, 1.82) is 0 Å². The molecule has 0 unspecified atom stereocenters. The number of rotatable bonds is 11. The molecule has 0 bridgehead atoms. The van der Waals surface area contributed by atoms with Crippen molar-refractivity contribution in [1.82, 2.24) is 33.7 Å². The van der Waals surface area contributed by atoms with Gasteiger partial charge in [0.1, 0.15) is 21.9 Å². The van der Waals surface area contributed by atoms with Crippen molar-refractivity contribution in [2.75, 3.05) is 106 Å². The zero-order chi connectivity index (χ0) is 65.3. The number of amides is 3. The highest BCUT2D eigenvalue weighted by Gasteiger charge is 2.38. The number of carbonyl (C=O) groups excluding carboxylic acids is 3. The third-order valence-corrected chi connectivity index (χ3v) is 19.5. The first-order chi connectivity index (χ1) is 44.1. The average Bonchev–Trinajstić information content (AvgIpc) is 1.35. The van der Waals surface area contributed by atoms with E-state index in [-0.39, 0.29) is 82.4 Å². The minimum absolute atomic E-state index is 0. The van der Waals surface area contributed by atoms with Gasteiger partial charge in [-0.2, -0.15) is 13.2 Å². The van der Waals surface area contributed by atoms with E-state index in [2.05, 4.69) is 5.32 Å². The summed E-state index contributed by atoms with van der Waals surface area (Å²) in [6, 6.07) is 27.2. The maximum atomic E-state index is 13.2. The van der Waals surface area contributed by atoms with Crippen LogP contribution in [-0.4, -0.2) is 153 Å². The molecule has 0 spiro atoms. The van der Waals surface area contributed by atoms with Gasteiger partial charge in [-0.25, -0.2) is 0 Å². The van der Waals surface area contributed by atoms with E-state index in [0.29, 0.717) is 120 Å². The van der Waals surface area contributed by atoms with Crippen molar-refractivity contribution in [2.24, 2.45) is 25.9 Å². The van der Waals surface area contributed by atoms with Gasteiger partial charge in [-0.1, -0.05) is 82.9 Å². The zero-order valence-corrected chi connectivity index (χ0v) is 51.8. The third-order valence-electron chi connectivity index (χ3n) is 17.5. The number of nitrogens with zero attached hydrogens (tertiary/aromatic N) is 12. The Kier molecular flexibility index (Phi) is 22.4. The number of carbonyl (C=O) groups is 3. The Morgan fingerprint density at radius 3 is 1.32 bits per heavy atom. The van der Waals surface area contributed by atoms with E-state index in [0.717, 1.165) is 56.4 Å². The summed E-state index contributed by atoms with van der Waals surface area (Å²) >= 11 is 1.79. The number of halogens is 3. The average molecular weight is 1350 g/mol. The summed E-state index contributed by atoms with van der Waals surface area (Å²) in [7, 11) is 3.02. The predicted molar refractivity (Wildman–Crippen MR) is 364 cm³/mol. The topological polar surface area (TPSA) is 278 Å². The van der Waals surface area contributed by atoms with E-state index in [1.165, 1.54) is 32.4 Å². The van der Waals surface area contributed by atoms with Gasteiger partial charge in [-0.3, -0.25) is 59.1 Å². The van der Waals surface area contributed by atoms with Gasteiger partial charge >= 0.3 is 39.9 Å². The molecule has 30 heteroatoms. The molecule has 506 valence electrons. The van der Waals surface area contributed by atoms with Crippen LogP contribution in [0.5, 0.6) is 0 Å². The lowest BCUT2D eigenvalue weighted by Gasteiger charge is -2.38. The van der Waals surface area contributed by atoms with Crippen LogP contribution in [0, 0.1) is 42.2 Å². The number of aryl methyl sites for hydroxylation is 2. The Morgan fingerprint density at radius 2 is 0.916 bits per heavy atom. The molecule has 1 N–H and O–H groups in total. The van der Waals surface area contributed by atoms with Gasteiger partial charge in [0, 0.05) is 121 Å². The molecule has 0 radical (unpaired) electrons. The lowest BCUT2D eigenvalue weighted by atomic mass is 9.96. The highest BCUT2D eigenvalue weighted by atomic mass is 32.1. The standard InChI is InChI=1S/C22H22N4O4S.C20H17F3N4O4S.C20H25N5O4.3CH4/c27-21(18-6-3-13-31-18)24-11-9-23(10-12-24)19-16-4-1-2-5-17(16)25(14-15-7-8-15)22(28)20(19)26(29)30;1-24-13-5-3-2-4-12(13)16(17(19(24)29)27(30)31)25-8-10-26(11-9-25)18(28)14-6-7-15(32-14)20(21,22)23;1-22-16-5-3-2-4-15(16)17(18(20(22)27)25(28)29)23-10-12-24(13-11-23)19(26)14-6-8-21-9-7-14;;;/h1-6,13,15H,7-12,14H2;2-7H,8-11H2,1H3;2-5,14,21H,6-13H2,1H3;3*1H4. The van der Waals surface area contributed by atoms with Crippen LogP contribution in [0.1, 0.15) is 72.2 Å². The van der Waals surface area contributed by atoms with Gasteiger partial charge in [0.05, 0.1) is 41.1 Å². The Labute approximate surface area is 552 Å². The normalized spacial score (nSPS) is 16.0. The molecule has 95 heavy (non-hydrogen) atoms. The molecule has 1 aliphatic carbocycles. The van der Waals surface area contributed by atoms with E-state index in [1.807, 2.05) is 68.6 Å². The lowest BCUT2D eigenvalue weighted by Crippen LogP contribution is -2.51. The summed E-state index contributed by atoms with van der Waals surface area (Å²) in [5, 5.41) is 42.6. The number of piperazine rings is 3.